The third-order valence-corrected chi connectivity index (χ3v) is 7.16. The van der Waals surface area contributed by atoms with Crippen LogP contribution < -0.4 is 5.32 Å². The van der Waals surface area contributed by atoms with E-state index in [1.165, 1.54) is 47.6 Å². The summed E-state index contributed by atoms with van der Waals surface area (Å²) in [6.45, 7) is 8.56. The molecule has 176 valence electrons. The lowest BCUT2D eigenvalue weighted by Gasteiger charge is -2.32. The molecule has 0 aliphatic heterocycles. The van der Waals surface area contributed by atoms with Crippen molar-refractivity contribution in [2.45, 2.75) is 76.8 Å². The van der Waals surface area contributed by atoms with Gasteiger partial charge in [0.15, 0.2) is 0 Å². The number of nitrogens with zero attached hydrogens (tertiary/aromatic N) is 2. The topological polar surface area (TPSA) is 51.0 Å². The van der Waals surface area contributed by atoms with E-state index in [0.717, 1.165) is 5.56 Å². The summed E-state index contributed by atoms with van der Waals surface area (Å²) in [7, 11) is 0. The van der Waals surface area contributed by atoms with E-state index in [1.807, 2.05) is 0 Å². The molecule has 1 saturated carbocycles. The van der Waals surface area contributed by atoms with Crippen molar-refractivity contribution in [3.05, 3.63) is 83.7 Å². The average Bonchev–Trinajstić information content (AvgIpc) is 3.35. The van der Waals surface area contributed by atoms with Crippen LogP contribution in [0, 0.1) is 0 Å². The molecule has 2 unspecified atom stereocenters. The minimum atomic E-state index is -0.140. The quantitative estimate of drug-likeness (QED) is 0.339. The van der Waals surface area contributed by atoms with Gasteiger partial charge >= 0.3 is 0 Å². The van der Waals surface area contributed by atoms with Crippen LogP contribution in [-0.2, 0) is 5.41 Å². The van der Waals surface area contributed by atoms with Crippen LogP contribution in [0.25, 0.3) is 22.2 Å². The largest absolute Gasteiger partial charge is 0.338 e. The standard InChI is InChI=1S/C30H35N3O/c1-20(26-14-8-10-22-9-5-6-13-27(22)26)31-25-12-7-11-24(19-25)21-15-17-23(18-16-21)28-32-29(34-33-28)30(2,3)4/h5-6,8-10,13-18,20,24-25,31H,7,11-12,19H2,1-4H3/t20?,24-,25?/m0/s1. The summed E-state index contributed by atoms with van der Waals surface area (Å²) in [6, 6.07) is 25.0. The normalized spacial score (nSPS) is 19.9. The molecule has 1 aromatic heterocycles. The smallest absolute Gasteiger partial charge is 0.232 e. The zero-order chi connectivity index (χ0) is 23.7. The van der Waals surface area contributed by atoms with E-state index in [4.69, 9.17) is 4.52 Å². The van der Waals surface area contributed by atoms with Gasteiger partial charge in [-0.3, -0.25) is 0 Å². The fraction of sp³-hybridized carbons (Fsp3) is 0.400. The molecule has 0 radical (unpaired) electrons. The molecule has 3 atom stereocenters. The number of aromatic nitrogens is 2. The van der Waals surface area contributed by atoms with Crippen LogP contribution in [0.15, 0.2) is 71.3 Å². The molecule has 1 fully saturated rings. The third kappa shape index (κ3) is 4.78. The van der Waals surface area contributed by atoms with Gasteiger partial charge in [0.25, 0.3) is 0 Å². The van der Waals surface area contributed by atoms with E-state index in [2.05, 4.69) is 110 Å². The van der Waals surface area contributed by atoms with Gasteiger partial charge in [-0.1, -0.05) is 99.1 Å². The molecule has 3 aromatic carbocycles. The molecule has 1 N–H and O–H groups in total. The van der Waals surface area contributed by atoms with E-state index < -0.39 is 0 Å². The van der Waals surface area contributed by atoms with Crippen LogP contribution in [0.4, 0.5) is 0 Å². The Kier molecular flexibility index (Phi) is 6.26. The fourth-order valence-electron chi connectivity index (χ4n) is 5.27. The summed E-state index contributed by atoms with van der Waals surface area (Å²) in [5, 5.41) is 10.8. The number of nitrogens with one attached hydrogen (secondary N) is 1. The van der Waals surface area contributed by atoms with Crippen molar-refractivity contribution in [3.8, 4) is 11.4 Å². The maximum absolute atomic E-state index is 5.47. The van der Waals surface area contributed by atoms with Crippen molar-refractivity contribution >= 4 is 10.8 Å². The van der Waals surface area contributed by atoms with Gasteiger partial charge in [0.05, 0.1) is 0 Å². The molecule has 0 amide bonds. The van der Waals surface area contributed by atoms with Gasteiger partial charge in [0.1, 0.15) is 0 Å². The zero-order valence-corrected chi connectivity index (χ0v) is 20.7. The maximum Gasteiger partial charge on any atom is 0.232 e. The van der Waals surface area contributed by atoms with Crippen molar-refractivity contribution in [3.63, 3.8) is 0 Å². The molecule has 4 nitrogen and oxygen atoms in total. The summed E-state index contributed by atoms with van der Waals surface area (Å²) >= 11 is 0. The summed E-state index contributed by atoms with van der Waals surface area (Å²) in [6.07, 6.45) is 4.91. The van der Waals surface area contributed by atoms with Gasteiger partial charge < -0.3 is 9.84 Å². The minimum absolute atomic E-state index is 0.140. The van der Waals surface area contributed by atoms with E-state index >= 15 is 0 Å². The van der Waals surface area contributed by atoms with Gasteiger partial charge in [-0.05, 0) is 54.0 Å². The number of hydrogen-bond donors (Lipinski definition) is 1. The summed E-state index contributed by atoms with van der Waals surface area (Å²) in [5.41, 5.74) is 3.67. The molecule has 4 heteroatoms. The molecule has 1 heterocycles. The fourth-order valence-corrected chi connectivity index (χ4v) is 5.27. The lowest BCUT2D eigenvalue weighted by Crippen LogP contribution is -2.35. The van der Waals surface area contributed by atoms with Crippen LogP contribution >= 0.6 is 0 Å². The second-order valence-corrected chi connectivity index (χ2v) is 10.8. The molecule has 5 rings (SSSR count). The Bertz CT molecular complexity index is 1250. The minimum Gasteiger partial charge on any atom is -0.338 e. The first-order chi connectivity index (χ1) is 16.4. The summed E-state index contributed by atoms with van der Waals surface area (Å²) < 4.78 is 5.47. The Morgan fingerprint density at radius 1 is 0.941 bits per heavy atom. The number of benzene rings is 3. The van der Waals surface area contributed by atoms with Crippen LogP contribution in [0.1, 0.15) is 82.4 Å². The van der Waals surface area contributed by atoms with Crippen LogP contribution in [0.5, 0.6) is 0 Å². The lowest BCUT2D eigenvalue weighted by atomic mass is 9.80. The Hall–Kier alpha value is -2.98. The monoisotopic (exact) mass is 453 g/mol. The predicted molar refractivity (Wildman–Crippen MR) is 139 cm³/mol. The molecular formula is C30H35N3O. The highest BCUT2D eigenvalue weighted by Gasteiger charge is 2.26. The van der Waals surface area contributed by atoms with E-state index in [9.17, 15) is 0 Å². The number of hydrogen-bond acceptors (Lipinski definition) is 4. The molecular weight excluding hydrogens is 418 g/mol. The summed E-state index contributed by atoms with van der Waals surface area (Å²) in [4.78, 5) is 4.60. The lowest BCUT2D eigenvalue weighted by molar-refractivity contribution is 0.319. The van der Waals surface area contributed by atoms with Gasteiger partial charge in [-0.15, -0.1) is 0 Å². The van der Waals surface area contributed by atoms with Crippen molar-refractivity contribution in [1.82, 2.24) is 15.5 Å². The number of rotatable bonds is 5. The van der Waals surface area contributed by atoms with Crippen molar-refractivity contribution in [2.24, 2.45) is 0 Å². The Balaban J connectivity index is 1.26. The Morgan fingerprint density at radius 3 is 2.47 bits per heavy atom. The average molecular weight is 454 g/mol. The van der Waals surface area contributed by atoms with Crippen molar-refractivity contribution < 1.29 is 4.52 Å². The third-order valence-electron chi connectivity index (χ3n) is 7.16. The molecule has 1 aliphatic rings. The molecule has 34 heavy (non-hydrogen) atoms. The first kappa shape index (κ1) is 22.8. The highest BCUT2D eigenvalue weighted by atomic mass is 16.5. The van der Waals surface area contributed by atoms with Crippen LogP contribution in [0.3, 0.4) is 0 Å². The highest BCUT2D eigenvalue weighted by molar-refractivity contribution is 5.86. The van der Waals surface area contributed by atoms with Crippen LogP contribution in [0.2, 0.25) is 0 Å². The zero-order valence-electron chi connectivity index (χ0n) is 20.7. The number of fused-ring (bicyclic) bond motifs is 1. The highest BCUT2D eigenvalue weighted by Crippen LogP contribution is 2.35. The Labute approximate surface area is 202 Å². The maximum atomic E-state index is 5.47. The van der Waals surface area contributed by atoms with Gasteiger partial charge in [0, 0.05) is 23.1 Å². The molecule has 0 saturated heterocycles. The molecule has 0 spiro atoms. The molecule has 0 bridgehead atoms. The van der Waals surface area contributed by atoms with Crippen LogP contribution in [-0.4, -0.2) is 16.2 Å². The molecule has 4 aromatic rings. The van der Waals surface area contributed by atoms with E-state index in [-0.39, 0.29) is 5.41 Å². The van der Waals surface area contributed by atoms with E-state index in [1.54, 1.807) is 0 Å². The first-order valence-electron chi connectivity index (χ1n) is 12.6. The molecule has 1 aliphatic carbocycles. The van der Waals surface area contributed by atoms with E-state index in [0.29, 0.717) is 29.7 Å². The van der Waals surface area contributed by atoms with Crippen molar-refractivity contribution in [1.29, 1.82) is 0 Å². The SMILES string of the molecule is CC(NC1CCC[C@H](c2ccc(-c3noc(C(C)(C)C)n3)cc2)C1)c1cccc2ccccc12. The second-order valence-electron chi connectivity index (χ2n) is 10.8. The van der Waals surface area contributed by atoms with Gasteiger partial charge in [-0.2, -0.15) is 4.98 Å². The van der Waals surface area contributed by atoms with Crippen molar-refractivity contribution in [2.75, 3.05) is 0 Å². The van der Waals surface area contributed by atoms with Gasteiger partial charge in [0.2, 0.25) is 11.7 Å². The Morgan fingerprint density at radius 2 is 1.71 bits per heavy atom. The second kappa shape index (κ2) is 9.34. The predicted octanol–water partition coefficient (Wildman–Crippen LogP) is 7.56. The first-order valence-corrected chi connectivity index (χ1v) is 12.6. The van der Waals surface area contributed by atoms with Gasteiger partial charge in [-0.25, -0.2) is 0 Å². The summed E-state index contributed by atoms with van der Waals surface area (Å²) in [5.74, 6) is 1.92.